The molecule has 0 radical (unpaired) electrons. The second kappa shape index (κ2) is 4.31. The molecule has 0 fully saturated rings. The van der Waals surface area contributed by atoms with E-state index in [2.05, 4.69) is 39.1 Å². The summed E-state index contributed by atoms with van der Waals surface area (Å²) in [7, 11) is 0. The Labute approximate surface area is 107 Å². The zero-order chi connectivity index (χ0) is 11.7. The monoisotopic (exact) mass is 261 g/mol. The maximum absolute atomic E-state index is 5.68. The van der Waals surface area contributed by atoms with Gasteiger partial charge in [-0.1, -0.05) is 11.6 Å². The minimum absolute atomic E-state index is 0.392. The first-order valence-corrected chi connectivity index (χ1v) is 6.30. The van der Waals surface area contributed by atoms with Crippen LogP contribution in [0.5, 0.6) is 0 Å². The van der Waals surface area contributed by atoms with Crippen molar-refractivity contribution in [1.82, 2.24) is 10.2 Å². The molecule has 0 aliphatic rings. The van der Waals surface area contributed by atoms with Gasteiger partial charge in [0.2, 0.25) is 0 Å². The van der Waals surface area contributed by atoms with Gasteiger partial charge in [-0.2, -0.15) is 0 Å². The van der Waals surface area contributed by atoms with Crippen LogP contribution in [0.1, 0.15) is 0 Å². The number of aromatic nitrogens is 2. The summed E-state index contributed by atoms with van der Waals surface area (Å²) in [5.41, 5.74) is 0.993. The normalized spacial score (nSPS) is 10.6. The van der Waals surface area contributed by atoms with Crippen LogP contribution in [-0.4, -0.2) is 10.2 Å². The van der Waals surface area contributed by atoms with E-state index in [4.69, 9.17) is 11.6 Å². The van der Waals surface area contributed by atoms with Crippen molar-refractivity contribution in [3.05, 3.63) is 46.9 Å². The molecule has 3 nitrogen and oxygen atoms in total. The Kier molecular flexibility index (Phi) is 2.66. The van der Waals surface area contributed by atoms with Crippen LogP contribution in [0.15, 0.2) is 41.8 Å². The van der Waals surface area contributed by atoms with Crippen LogP contribution in [0, 0.1) is 0 Å². The van der Waals surface area contributed by atoms with Crippen LogP contribution in [0.25, 0.3) is 10.1 Å². The van der Waals surface area contributed by atoms with Crippen molar-refractivity contribution in [2.75, 3.05) is 5.32 Å². The van der Waals surface area contributed by atoms with E-state index < -0.39 is 0 Å². The smallest absolute Gasteiger partial charge is 0.153 e. The number of hydrogen-bond acceptors (Lipinski definition) is 4. The van der Waals surface area contributed by atoms with Gasteiger partial charge in [0, 0.05) is 10.4 Å². The third-order valence-electron chi connectivity index (χ3n) is 2.36. The molecule has 1 N–H and O–H groups in total. The Bertz CT molecular complexity index is 648. The molecule has 0 unspecified atom stereocenters. The first kappa shape index (κ1) is 10.5. The SMILES string of the molecule is Clc1ccc(Nc2ccc3sccc3c2)nn1. The summed E-state index contributed by atoms with van der Waals surface area (Å²) in [5, 5.41) is 14.6. The molecule has 0 bridgehead atoms. The van der Waals surface area contributed by atoms with E-state index in [1.165, 1.54) is 10.1 Å². The second-order valence-electron chi connectivity index (χ2n) is 3.54. The highest BCUT2D eigenvalue weighted by Crippen LogP contribution is 2.25. The molecule has 0 aliphatic carbocycles. The van der Waals surface area contributed by atoms with Crippen molar-refractivity contribution in [2.24, 2.45) is 0 Å². The number of nitrogens with zero attached hydrogens (tertiary/aromatic N) is 2. The van der Waals surface area contributed by atoms with Gasteiger partial charge in [-0.15, -0.1) is 21.5 Å². The zero-order valence-corrected chi connectivity index (χ0v) is 10.3. The summed E-state index contributed by atoms with van der Waals surface area (Å²) in [6.45, 7) is 0. The average Bonchev–Trinajstić information content (AvgIpc) is 2.79. The largest absolute Gasteiger partial charge is 0.339 e. The molecule has 0 aliphatic heterocycles. The number of nitrogens with one attached hydrogen (secondary N) is 1. The van der Waals surface area contributed by atoms with E-state index >= 15 is 0 Å². The number of hydrogen-bond donors (Lipinski definition) is 1. The molecule has 2 heterocycles. The topological polar surface area (TPSA) is 37.8 Å². The molecular weight excluding hydrogens is 254 g/mol. The molecule has 3 rings (SSSR count). The molecule has 84 valence electrons. The Balaban J connectivity index is 1.91. The predicted molar refractivity (Wildman–Crippen MR) is 72.1 cm³/mol. The maximum Gasteiger partial charge on any atom is 0.153 e. The molecule has 3 aromatic rings. The Morgan fingerprint density at radius 1 is 1.06 bits per heavy atom. The van der Waals surface area contributed by atoms with E-state index in [9.17, 15) is 0 Å². The first-order valence-electron chi connectivity index (χ1n) is 5.05. The van der Waals surface area contributed by atoms with Gasteiger partial charge in [-0.3, -0.25) is 0 Å². The fraction of sp³-hybridized carbons (Fsp3) is 0. The molecule has 1 aromatic carbocycles. The van der Waals surface area contributed by atoms with Gasteiger partial charge in [0.1, 0.15) is 0 Å². The molecule has 0 saturated carbocycles. The summed E-state index contributed by atoms with van der Waals surface area (Å²) in [4.78, 5) is 0. The van der Waals surface area contributed by atoms with Crippen molar-refractivity contribution in [3.8, 4) is 0 Å². The second-order valence-corrected chi connectivity index (χ2v) is 4.87. The standard InChI is InChI=1S/C12H8ClN3S/c13-11-3-4-12(16-15-11)14-9-1-2-10-8(7-9)5-6-17-10/h1-7H,(H,14,16). The highest BCUT2D eigenvalue weighted by atomic mass is 35.5. The third kappa shape index (κ3) is 2.23. The van der Waals surface area contributed by atoms with Gasteiger partial charge >= 0.3 is 0 Å². The number of fused-ring (bicyclic) bond motifs is 1. The Morgan fingerprint density at radius 3 is 2.82 bits per heavy atom. The minimum Gasteiger partial charge on any atom is -0.339 e. The summed E-state index contributed by atoms with van der Waals surface area (Å²) < 4.78 is 1.28. The van der Waals surface area contributed by atoms with Crippen LogP contribution in [0.3, 0.4) is 0 Å². The number of anilines is 2. The zero-order valence-electron chi connectivity index (χ0n) is 8.72. The van der Waals surface area contributed by atoms with Crippen LogP contribution < -0.4 is 5.32 Å². The third-order valence-corrected chi connectivity index (χ3v) is 3.46. The lowest BCUT2D eigenvalue weighted by molar-refractivity contribution is 1.04. The van der Waals surface area contributed by atoms with Crippen molar-refractivity contribution in [2.45, 2.75) is 0 Å². The van der Waals surface area contributed by atoms with Crippen LogP contribution in [-0.2, 0) is 0 Å². The summed E-state index contributed by atoms with van der Waals surface area (Å²) in [5.74, 6) is 0.684. The van der Waals surface area contributed by atoms with Gasteiger partial charge < -0.3 is 5.32 Å². The first-order chi connectivity index (χ1) is 8.31. The fourth-order valence-corrected chi connectivity index (χ4v) is 2.45. The summed E-state index contributed by atoms with van der Waals surface area (Å²) >= 11 is 7.41. The van der Waals surface area contributed by atoms with Crippen LogP contribution in [0.4, 0.5) is 11.5 Å². The summed E-state index contributed by atoms with van der Waals surface area (Å²) in [6.07, 6.45) is 0. The number of halogens is 1. The number of benzene rings is 1. The number of rotatable bonds is 2. The van der Waals surface area contributed by atoms with Crippen molar-refractivity contribution in [1.29, 1.82) is 0 Å². The van der Waals surface area contributed by atoms with E-state index in [1.807, 2.05) is 6.07 Å². The highest BCUT2D eigenvalue weighted by molar-refractivity contribution is 7.17. The van der Waals surface area contributed by atoms with Gasteiger partial charge in [0.05, 0.1) is 0 Å². The lowest BCUT2D eigenvalue weighted by Crippen LogP contribution is -1.94. The van der Waals surface area contributed by atoms with Gasteiger partial charge in [-0.05, 0) is 47.2 Å². The molecule has 5 heteroatoms. The Hall–Kier alpha value is -1.65. The molecule has 0 amide bonds. The lowest BCUT2D eigenvalue weighted by Gasteiger charge is -2.04. The molecular formula is C12H8ClN3S. The average molecular weight is 262 g/mol. The van der Waals surface area contributed by atoms with Crippen LogP contribution in [0.2, 0.25) is 5.15 Å². The van der Waals surface area contributed by atoms with E-state index in [-0.39, 0.29) is 0 Å². The molecule has 0 spiro atoms. The van der Waals surface area contributed by atoms with Crippen LogP contribution >= 0.6 is 22.9 Å². The molecule has 0 atom stereocenters. The summed E-state index contributed by atoms with van der Waals surface area (Å²) in [6, 6.07) is 11.8. The van der Waals surface area contributed by atoms with Gasteiger partial charge in [0.15, 0.2) is 11.0 Å². The predicted octanol–water partition coefficient (Wildman–Crippen LogP) is 4.09. The van der Waals surface area contributed by atoms with Crippen molar-refractivity contribution < 1.29 is 0 Å². The highest BCUT2D eigenvalue weighted by Gasteiger charge is 1.99. The van der Waals surface area contributed by atoms with Gasteiger partial charge in [-0.25, -0.2) is 0 Å². The Morgan fingerprint density at radius 2 is 2.00 bits per heavy atom. The van der Waals surface area contributed by atoms with E-state index in [0.29, 0.717) is 11.0 Å². The van der Waals surface area contributed by atoms with Crippen molar-refractivity contribution >= 4 is 44.5 Å². The van der Waals surface area contributed by atoms with Crippen molar-refractivity contribution in [3.63, 3.8) is 0 Å². The quantitative estimate of drug-likeness (QED) is 0.755. The molecule has 0 saturated heterocycles. The maximum atomic E-state index is 5.68. The lowest BCUT2D eigenvalue weighted by atomic mass is 10.2. The van der Waals surface area contributed by atoms with Gasteiger partial charge in [0.25, 0.3) is 0 Å². The fourth-order valence-electron chi connectivity index (χ4n) is 1.57. The molecule has 17 heavy (non-hydrogen) atoms. The number of thiophene rings is 1. The van der Waals surface area contributed by atoms with E-state index in [1.54, 1.807) is 23.5 Å². The van der Waals surface area contributed by atoms with E-state index in [0.717, 1.165) is 5.69 Å². The molecule has 2 aromatic heterocycles. The minimum atomic E-state index is 0.392.